The van der Waals surface area contributed by atoms with Crippen molar-refractivity contribution in [3.8, 4) is 0 Å². The number of hydrogen-bond acceptors (Lipinski definition) is 3. The van der Waals surface area contributed by atoms with Gasteiger partial charge in [-0.2, -0.15) is 16.9 Å². The van der Waals surface area contributed by atoms with Gasteiger partial charge >= 0.3 is 0 Å². The van der Waals surface area contributed by atoms with Crippen molar-refractivity contribution in [3.05, 3.63) is 12.3 Å². The molecule has 1 aromatic rings. The maximum Gasteiger partial charge on any atom is 0.124 e. The van der Waals surface area contributed by atoms with Gasteiger partial charge in [-0.05, 0) is 37.4 Å². The van der Waals surface area contributed by atoms with Crippen molar-refractivity contribution >= 4 is 17.6 Å². The van der Waals surface area contributed by atoms with Gasteiger partial charge < -0.3 is 5.32 Å². The molecule has 4 heteroatoms. The second-order valence-corrected chi connectivity index (χ2v) is 6.05. The Labute approximate surface area is 101 Å². The fourth-order valence-corrected chi connectivity index (χ4v) is 3.28. The Morgan fingerprint density at radius 3 is 3.12 bits per heavy atom. The highest BCUT2D eigenvalue weighted by Crippen LogP contribution is 2.31. The molecule has 1 aromatic heterocycles. The summed E-state index contributed by atoms with van der Waals surface area (Å²) in [6, 6.07) is 2.76. The Kier molecular flexibility index (Phi) is 3.09. The van der Waals surface area contributed by atoms with Gasteiger partial charge in [0.2, 0.25) is 0 Å². The first-order valence-electron chi connectivity index (χ1n) is 6.28. The van der Waals surface area contributed by atoms with Gasteiger partial charge in [0, 0.05) is 24.4 Å². The van der Waals surface area contributed by atoms with Crippen LogP contribution in [0, 0.1) is 5.92 Å². The van der Waals surface area contributed by atoms with Crippen molar-refractivity contribution < 1.29 is 0 Å². The highest BCUT2D eigenvalue weighted by molar-refractivity contribution is 7.99. The zero-order valence-corrected chi connectivity index (χ0v) is 10.4. The quantitative estimate of drug-likeness (QED) is 0.873. The van der Waals surface area contributed by atoms with Gasteiger partial charge in [-0.1, -0.05) is 0 Å². The Balaban J connectivity index is 1.61. The second kappa shape index (κ2) is 4.70. The van der Waals surface area contributed by atoms with Gasteiger partial charge in [-0.25, -0.2) is 4.68 Å². The predicted octanol–water partition coefficient (Wildman–Crippen LogP) is 2.60. The molecular weight excluding hydrogens is 218 g/mol. The van der Waals surface area contributed by atoms with E-state index >= 15 is 0 Å². The topological polar surface area (TPSA) is 29.9 Å². The third-order valence-corrected chi connectivity index (χ3v) is 4.57. The van der Waals surface area contributed by atoms with E-state index in [0.29, 0.717) is 6.04 Å². The first-order valence-corrected chi connectivity index (χ1v) is 7.43. The van der Waals surface area contributed by atoms with E-state index in [1.165, 1.54) is 43.0 Å². The number of nitrogens with zero attached hydrogens (tertiary/aromatic N) is 2. The summed E-state index contributed by atoms with van der Waals surface area (Å²) in [6.07, 6.45) is 7.35. The number of hydrogen-bond donors (Lipinski definition) is 1. The normalized spacial score (nSPS) is 25.6. The largest absolute Gasteiger partial charge is 0.367 e. The second-order valence-electron chi connectivity index (χ2n) is 4.90. The number of thioether (sulfide) groups is 1. The lowest BCUT2D eigenvalue weighted by molar-refractivity contribution is 0.561. The molecule has 1 unspecified atom stereocenters. The molecule has 0 aromatic carbocycles. The SMILES string of the molecule is c1cc(NC2CCCSC2)n(CC2CC2)n1. The van der Waals surface area contributed by atoms with Crippen LogP contribution in [0.1, 0.15) is 25.7 Å². The standard InChI is InChI=1S/C12H19N3S/c1-2-11(9-16-7-1)14-12-5-6-13-15(12)8-10-3-4-10/h5-6,10-11,14H,1-4,7-9H2. The Hall–Kier alpha value is -0.640. The summed E-state index contributed by atoms with van der Waals surface area (Å²) >= 11 is 2.06. The number of anilines is 1. The van der Waals surface area contributed by atoms with Crippen molar-refractivity contribution in [2.24, 2.45) is 5.92 Å². The fourth-order valence-electron chi connectivity index (χ4n) is 2.21. The van der Waals surface area contributed by atoms with E-state index in [4.69, 9.17) is 0 Å². The van der Waals surface area contributed by atoms with Gasteiger partial charge in [-0.3, -0.25) is 0 Å². The van der Waals surface area contributed by atoms with Gasteiger partial charge in [0.15, 0.2) is 0 Å². The van der Waals surface area contributed by atoms with Gasteiger partial charge in [0.25, 0.3) is 0 Å². The minimum atomic E-state index is 0.647. The van der Waals surface area contributed by atoms with Crippen molar-refractivity contribution in [1.82, 2.24) is 9.78 Å². The van der Waals surface area contributed by atoms with Crippen LogP contribution in [-0.2, 0) is 6.54 Å². The van der Waals surface area contributed by atoms with Crippen molar-refractivity contribution in [2.75, 3.05) is 16.8 Å². The molecule has 2 fully saturated rings. The van der Waals surface area contributed by atoms with Crippen LogP contribution in [-0.4, -0.2) is 27.3 Å². The highest BCUT2D eigenvalue weighted by atomic mass is 32.2. The Morgan fingerprint density at radius 1 is 1.44 bits per heavy atom. The molecule has 2 aliphatic rings. The van der Waals surface area contributed by atoms with Crippen molar-refractivity contribution in [2.45, 2.75) is 38.3 Å². The van der Waals surface area contributed by atoms with Gasteiger partial charge in [-0.15, -0.1) is 0 Å². The minimum absolute atomic E-state index is 0.647. The lowest BCUT2D eigenvalue weighted by atomic mass is 10.2. The first-order chi connectivity index (χ1) is 7.92. The molecule has 0 amide bonds. The van der Waals surface area contributed by atoms with Crippen molar-refractivity contribution in [1.29, 1.82) is 0 Å². The van der Waals surface area contributed by atoms with Crippen LogP contribution < -0.4 is 5.32 Å². The summed E-state index contributed by atoms with van der Waals surface area (Å²) in [4.78, 5) is 0. The molecule has 1 aliphatic carbocycles. The molecule has 2 heterocycles. The zero-order chi connectivity index (χ0) is 10.8. The minimum Gasteiger partial charge on any atom is -0.367 e. The molecule has 3 rings (SSSR count). The molecule has 88 valence electrons. The number of rotatable bonds is 4. The molecule has 1 saturated heterocycles. The van der Waals surface area contributed by atoms with Gasteiger partial charge in [0.05, 0.1) is 6.20 Å². The van der Waals surface area contributed by atoms with Gasteiger partial charge in [0.1, 0.15) is 5.82 Å². The van der Waals surface area contributed by atoms with Crippen LogP contribution in [0.4, 0.5) is 5.82 Å². The highest BCUT2D eigenvalue weighted by Gasteiger charge is 2.23. The lowest BCUT2D eigenvalue weighted by Crippen LogP contribution is -2.27. The summed E-state index contributed by atoms with van der Waals surface area (Å²) in [6.45, 7) is 1.11. The van der Waals surface area contributed by atoms with Crippen LogP contribution in [0.3, 0.4) is 0 Å². The molecule has 1 aliphatic heterocycles. The fraction of sp³-hybridized carbons (Fsp3) is 0.750. The summed E-state index contributed by atoms with van der Waals surface area (Å²) in [7, 11) is 0. The summed E-state index contributed by atoms with van der Waals surface area (Å²) in [5.74, 6) is 4.69. The predicted molar refractivity (Wildman–Crippen MR) is 68.9 cm³/mol. The smallest absolute Gasteiger partial charge is 0.124 e. The summed E-state index contributed by atoms with van der Waals surface area (Å²) < 4.78 is 2.15. The van der Waals surface area contributed by atoms with E-state index in [1.807, 2.05) is 6.20 Å². The van der Waals surface area contributed by atoms with Crippen LogP contribution in [0.5, 0.6) is 0 Å². The van der Waals surface area contributed by atoms with E-state index in [9.17, 15) is 0 Å². The zero-order valence-electron chi connectivity index (χ0n) is 9.56. The summed E-state index contributed by atoms with van der Waals surface area (Å²) in [5, 5.41) is 8.05. The monoisotopic (exact) mass is 237 g/mol. The first kappa shape index (κ1) is 10.5. The summed E-state index contributed by atoms with van der Waals surface area (Å²) in [5.41, 5.74) is 0. The third kappa shape index (κ3) is 2.54. The molecular formula is C12H19N3S. The molecule has 16 heavy (non-hydrogen) atoms. The Bertz CT molecular complexity index is 340. The van der Waals surface area contributed by atoms with E-state index in [-0.39, 0.29) is 0 Å². The average molecular weight is 237 g/mol. The molecule has 3 nitrogen and oxygen atoms in total. The molecule has 0 radical (unpaired) electrons. The maximum absolute atomic E-state index is 4.41. The number of nitrogens with one attached hydrogen (secondary N) is 1. The molecule has 1 atom stereocenters. The van der Waals surface area contributed by atoms with E-state index in [1.54, 1.807) is 0 Å². The van der Waals surface area contributed by atoms with Crippen molar-refractivity contribution in [3.63, 3.8) is 0 Å². The average Bonchev–Trinajstić information content (AvgIpc) is 3.02. The van der Waals surface area contributed by atoms with E-state index in [2.05, 4.69) is 32.9 Å². The molecule has 1 N–H and O–H groups in total. The van der Waals surface area contributed by atoms with Crippen LogP contribution in [0.2, 0.25) is 0 Å². The number of aromatic nitrogens is 2. The molecule has 0 spiro atoms. The van der Waals surface area contributed by atoms with Crippen LogP contribution in [0.15, 0.2) is 12.3 Å². The Morgan fingerprint density at radius 2 is 2.38 bits per heavy atom. The maximum atomic E-state index is 4.41. The van der Waals surface area contributed by atoms with E-state index < -0.39 is 0 Å². The molecule has 0 bridgehead atoms. The molecule has 1 saturated carbocycles. The van der Waals surface area contributed by atoms with Crippen LogP contribution >= 0.6 is 11.8 Å². The third-order valence-electron chi connectivity index (χ3n) is 3.36. The lowest BCUT2D eigenvalue weighted by Gasteiger charge is -2.23. The van der Waals surface area contributed by atoms with E-state index in [0.717, 1.165) is 12.5 Å². The van der Waals surface area contributed by atoms with Crippen LogP contribution in [0.25, 0.3) is 0 Å².